The van der Waals surface area contributed by atoms with Gasteiger partial charge in [0, 0.05) is 19.5 Å². The maximum Gasteiger partial charge on any atom is 0.222 e. The summed E-state index contributed by atoms with van der Waals surface area (Å²) in [7, 11) is 0. The van der Waals surface area contributed by atoms with Gasteiger partial charge in [0.1, 0.15) is 0 Å². The van der Waals surface area contributed by atoms with E-state index in [1.165, 1.54) is 19.3 Å². The van der Waals surface area contributed by atoms with Crippen molar-refractivity contribution in [3.63, 3.8) is 0 Å². The Morgan fingerprint density at radius 1 is 1.28 bits per heavy atom. The van der Waals surface area contributed by atoms with Crippen molar-refractivity contribution in [1.82, 2.24) is 4.90 Å². The van der Waals surface area contributed by atoms with Gasteiger partial charge in [-0.2, -0.15) is 0 Å². The third-order valence-electron chi connectivity index (χ3n) is 4.68. The van der Waals surface area contributed by atoms with E-state index in [4.69, 9.17) is 5.73 Å². The van der Waals surface area contributed by atoms with Crippen LogP contribution in [0, 0.1) is 23.7 Å². The monoisotopic (exact) mass is 252 g/mol. The molecule has 18 heavy (non-hydrogen) atoms. The predicted molar refractivity (Wildman–Crippen MR) is 74.0 cm³/mol. The van der Waals surface area contributed by atoms with Crippen LogP contribution in [0.5, 0.6) is 0 Å². The fourth-order valence-corrected chi connectivity index (χ4v) is 3.74. The normalized spacial score (nSPS) is 28.8. The minimum Gasteiger partial charge on any atom is -0.342 e. The Morgan fingerprint density at radius 2 is 1.89 bits per heavy atom. The van der Waals surface area contributed by atoms with E-state index >= 15 is 0 Å². The Bertz CT molecular complexity index is 278. The molecule has 0 spiro atoms. The first-order chi connectivity index (χ1) is 8.60. The summed E-state index contributed by atoms with van der Waals surface area (Å²) >= 11 is 0. The summed E-state index contributed by atoms with van der Waals surface area (Å²) in [6.07, 6.45) is 5.77. The lowest BCUT2D eigenvalue weighted by Gasteiger charge is -2.22. The second kappa shape index (κ2) is 6.05. The van der Waals surface area contributed by atoms with Gasteiger partial charge in [-0.3, -0.25) is 4.79 Å². The SMILES string of the molecule is CC(C)CC(CN)CC(=O)N1CC2CCCC2C1. The van der Waals surface area contributed by atoms with Crippen LogP contribution < -0.4 is 5.73 Å². The maximum atomic E-state index is 12.3. The molecule has 3 nitrogen and oxygen atoms in total. The van der Waals surface area contributed by atoms with Crippen molar-refractivity contribution >= 4 is 5.91 Å². The number of hydrogen-bond acceptors (Lipinski definition) is 2. The third-order valence-corrected chi connectivity index (χ3v) is 4.68. The Kier molecular flexibility index (Phi) is 4.66. The maximum absolute atomic E-state index is 12.3. The summed E-state index contributed by atoms with van der Waals surface area (Å²) in [5, 5.41) is 0. The van der Waals surface area contributed by atoms with Crippen molar-refractivity contribution in [2.75, 3.05) is 19.6 Å². The molecule has 0 aromatic heterocycles. The highest BCUT2D eigenvalue weighted by molar-refractivity contribution is 5.76. The van der Waals surface area contributed by atoms with E-state index in [-0.39, 0.29) is 0 Å². The molecule has 2 rings (SSSR count). The highest BCUT2D eigenvalue weighted by atomic mass is 16.2. The van der Waals surface area contributed by atoms with Gasteiger partial charge < -0.3 is 10.6 Å². The fourth-order valence-electron chi connectivity index (χ4n) is 3.74. The molecule has 104 valence electrons. The number of nitrogens with zero attached hydrogens (tertiary/aromatic N) is 1. The highest BCUT2D eigenvalue weighted by Gasteiger charge is 2.38. The quantitative estimate of drug-likeness (QED) is 0.816. The van der Waals surface area contributed by atoms with Gasteiger partial charge in [0.15, 0.2) is 0 Å². The average Bonchev–Trinajstić information content (AvgIpc) is 2.87. The molecule has 2 fully saturated rings. The molecule has 2 N–H and O–H groups in total. The first kappa shape index (κ1) is 13.9. The lowest BCUT2D eigenvalue weighted by molar-refractivity contribution is -0.131. The Hall–Kier alpha value is -0.570. The van der Waals surface area contributed by atoms with Crippen LogP contribution in [-0.4, -0.2) is 30.4 Å². The van der Waals surface area contributed by atoms with Crippen LogP contribution in [0.3, 0.4) is 0 Å². The molecule has 1 heterocycles. The molecule has 0 bridgehead atoms. The summed E-state index contributed by atoms with van der Waals surface area (Å²) in [5.41, 5.74) is 5.79. The predicted octanol–water partition coefficient (Wildman–Crippen LogP) is 2.26. The summed E-state index contributed by atoms with van der Waals surface area (Å²) in [6.45, 7) is 7.08. The van der Waals surface area contributed by atoms with Crippen LogP contribution in [-0.2, 0) is 4.79 Å². The molecular weight excluding hydrogens is 224 g/mol. The van der Waals surface area contributed by atoms with Crippen LogP contribution in [0.2, 0.25) is 0 Å². The number of likely N-dealkylation sites (tertiary alicyclic amines) is 1. The van der Waals surface area contributed by atoms with Gasteiger partial charge in [-0.05, 0) is 49.5 Å². The molecule has 3 atom stereocenters. The van der Waals surface area contributed by atoms with Crippen molar-refractivity contribution in [1.29, 1.82) is 0 Å². The van der Waals surface area contributed by atoms with E-state index in [0.29, 0.717) is 30.7 Å². The van der Waals surface area contributed by atoms with Crippen molar-refractivity contribution < 1.29 is 4.79 Å². The number of amides is 1. The minimum absolute atomic E-state index is 0.348. The van der Waals surface area contributed by atoms with E-state index in [2.05, 4.69) is 18.7 Å². The number of nitrogens with two attached hydrogens (primary N) is 1. The fraction of sp³-hybridized carbons (Fsp3) is 0.933. The minimum atomic E-state index is 0.348. The number of carbonyl (C=O) groups is 1. The van der Waals surface area contributed by atoms with Gasteiger partial charge in [-0.25, -0.2) is 0 Å². The molecule has 3 unspecified atom stereocenters. The molecule has 0 aromatic carbocycles. The molecule has 1 saturated carbocycles. The largest absolute Gasteiger partial charge is 0.342 e. The molecule has 3 heteroatoms. The Labute approximate surface area is 111 Å². The molecule has 2 aliphatic rings. The average molecular weight is 252 g/mol. The summed E-state index contributed by atoms with van der Waals surface area (Å²) in [6, 6.07) is 0. The van der Waals surface area contributed by atoms with Crippen LogP contribution in [0.1, 0.15) is 46.0 Å². The first-order valence-corrected chi connectivity index (χ1v) is 7.58. The number of hydrogen-bond donors (Lipinski definition) is 1. The molecule has 1 saturated heterocycles. The second-order valence-electron chi connectivity index (χ2n) is 6.69. The molecule has 1 aliphatic carbocycles. The molecule has 1 amide bonds. The number of carbonyl (C=O) groups excluding carboxylic acids is 1. The van der Waals surface area contributed by atoms with Crippen LogP contribution >= 0.6 is 0 Å². The van der Waals surface area contributed by atoms with Gasteiger partial charge in [-0.1, -0.05) is 20.3 Å². The van der Waals surface area contributed by atoms with Crippen LogP contribution in [0.15, 0.2) is 0 Å². The Balaban J connectivity index is 1.81. The molecular formula is C15H28N2O. The van der Waals surface area contributed by atoms with E-state index in [9.17, 15) is 4.79 Å². The zero-order chi connectivity index (χ0) is 13.1. The molecule has 0 radical (unpaired) electrons. The lowest BCUT2D eigenvalue weighted by Crippen LogP contribution is -2.32. The topological polar surface area (TPSA) is 46.3 Å². The third kappa shape index (κ3) is 3.25. The van der Waals surface area contributed by atoms with Gasteiger partial charge in [0.25, 0.3) is 0 Å². The van der Waals surface area contributed by atoms with Crippen LogP contribution in [0.4, 0.5) is 0 Å². The van der Waals surface area contributed by atoms with Crippen molar-refractivity contribution in [2.45, 2.75) is 46.0 Å². The summed E-state index contributed by atoms with van der Waals surface area (Å²) < 4.78 is 0. The summed E-state index contributed by atoms with van der Waals surface area (Å²) in [5.74, 6) is 2.95. The molecule has 1 aliphatic heterocycles. The summed E-state index contributed by atoms with van der Waals surface area (Å²) in [4.78, 5) is 14.4. The Morgan fingerprint density at radius 3 is 2.39 bits per heavy atom. The van der Waals surface area contributed by atoms with E-state index in [1.54, 1.807) is 0 Å². The van der Waals surface area contributed by atoms with Crippen molar-refractivity contribution in [3.8, 4) is 0 Å². The van der Waals surface area contributed by atoms with Crippen molar-refractivity contribution in [3.05, 3.63) is 0 Å². The standard InChI is InChI=1S/C15H28N2O/c1-11(2)6-12(8-16)7-15(18)17-9-13-4-3-5-14(13)10-17/h11-14H,3-10,16H2,1-2H3. The smallest absolute Gasteiger partial charge is 0.222 e. The van der Waals surface area contributed by atoms with Gasteiger partial charge >= 0.3 is 0 Å². The number of rotatable bonds is 5. The second-order valence-corrected chi connectivity index (χ2v) is 6.69. The van der Waals surface area contributed by atoms with Gasteiger partial charge in [-0.15, -0.1) is 0 Å². The van der Waals surface area contributed by atoms with Crippen molar-refractivity contribution in [2.24, 2.45) is 29.4 Å². The zero-order valence-corrected chi connectivity index (χ0v) is 11.9. The van der Waals surface area contributed by atoms with Crippen LogP contribution in [0.25, 0.3) is 0 Å². The van der Waals surface area contributed by atoms with E-state index < -0.39 is 0 Å². The van der Waals surface area contributed by atoms with Gasteiger partial charge in [0.05, 0.1) is 0 Å². The van der Waals surface area contributed by atoms with E-state index in [1.807, 2.05) is 0 Å². The number of fused-ring (bicyclic) bond motifs is 1. The van der Waals surface area contributed by atoms with E-state index in [0.717, 1.165) is 31.3 Å². The highest BCUT2D eigenvalue weighted by Crippen LogP contribution is 2.38. The first-order valence-electron chi connectivity index (χ1n) is 7.58. The van der Waals surface area contributed by atoms with Gasteiger partial charge in [0.2, 0.25) is 5.91 Å². The zero-order valence-electron chi connectivity index (χ0n) is 11.9. The lowest BCUT2D eigenvalue weighted by atomic mass is 9.94. The molecule has 0 aromatic rings.